The molecule has 0 fully saturated rings. The minimum atomic E-state index is -3.76. The van der Waals surface area contributed by atoms with E-state index >= 15 is 0 Å². The third-order valence-electron chi connectivity index (χ3n) is 4.17. The third-order valence-corrected chi connectivity index (χ3v) is 6.36. The number of amides is 1. The van der Waals surface area contributed by atoms with Gasteiger partial charge >= 0.3 is 0 Å². The molecule has 0 saturated heterocycles. The summed E-state index contributed by atoms with van der Waals surface area (Å²) >= 11 is 1.43. The Labute approximate surface area is 168 Å². The minimum Gasteiger partial charge on any atom is -0.454 e. The number of rotatable bonds is 7. The second kappa shape index (κ2) is 8.42. The van der Waals surface area contributed by atoms with Crippen molar-refractivity contribution in [2.75, 3.05) is 18.4 Å². The number of anilines is 1. The molecule has 0 spiro atoms. The van der Waals surface area contributed by atoms with Crippen LogP contribution >= 0.6 is 11.8 Å². The van der Waals surface area contributed by atoms with Crippen molar-refractivity contribution >= 4 is 33.4 Å². The molecule has 0 aliphatic carbocycles. The largest absolute Gasteiger partial charge is 0.454 e. The molecular formula is C19H22N2O5S2. The smallest absolute Gasteiger partial charge is 0.240 e. The molecule has 0 atom stereocenters. The Morgan fingerprint density at radius 2 is 1.89 bits per heavy atom. The van der Waals surface area contributed by atoms with Crippen LogP contribution in [0.15, 0.2) is 46.2 Å². The van der Waals surface area contributed by atoms with Gasteiger partial charge in [-0.1, -0.05) is 19.9 Å². The van der Waals surface area contributed by atoms with Crippen molar-refractivity contribution in [1.29, 1.82) is 0 Å². The van der Waals surface area contributed by atoms with Crippen LogP contribution in [-0.4, -0.2) is 27.4 Å². The molecule has 1 aliphatic heterocycles. The van der Waals surface area contributed by atoms with Gasteiger partial charge in [0, 0.05) is 17.4 Å². The van der Waals surface area contributed by atoms with Gasteiger partial charge in [0.1, 0.15) is 0 Å². The van der Waals surface area contributed by atoms with Gasteiger partial charge in [0.25, 0.3) is 0 Å². The highest BCUT2D eigenvalue weighted by Gasteiger charge is 2.19. The Morgan fingerprint density at radius 1 is 1.14 bits per heavy atom. The SMILES string of the molecule is CSc1ccc(S(=O)(=O)NCc2ccc3c(c2)OCO3)cc1NC(=O)C(C)C. The van der Waals surface area contributed by atoms with Crippen molar-refractivity contribution in [2.45, 2.75) is 30.2 Å². The molecule has 0 bridgehead atoms. The molecule has 0 aromatic heterocycles. The fourth-order valence-corrected chi connectivity index (χ4v) is 4.12. The Hall–Kier alpha value is -2.23. The number of carbonyl (C=O) groups excluding carboxylic acids is 1. The maximum atomic E-state index is 12.7. The van der Waals surface area contributed by atoms with Crippen LogP contribution in [0.4, 0.5) is 5.69 Å². The summed E-state index contributed by atoms with van der Waals surface area (Å²) in [5.41, 5.74) is 1.24. The Bertz CT molecular complexity index is 990. The van der Waals surface area contributed by atoms with Crippen molar-refractivity contribution in [3.63, 3.8) is 0 Å². The van der Waals surface area contributed by atoms with E-state index in [1.165, 1.54) is 23.9 Å². The van der Waals surface area contributed by atoms with E-state index in [-0.39, 0.29) is 30.1 Å². The molecule has 150 valence electrons. The molecule has 0 saturated carbocycles. The maximum Gasteiger partial charge on any atom is 0.240 e. The number of carbonyl (C=O) groups is 1. The number of nitrogens with one attached hydrogen (secondary N) is 2. The second-order valence-corrected chi connectivity index (χ2v) is 9.13. The lowest BCUT2D eigenvalue weighted by Gasteiger charge is -2.14. The zero-order chi connectivity index (χ0) is 20.3. The van der Waals surface area contributed by atoms with E-state index < -0.39 is 10.0 Å². The molecule has 1 aliphatic rings. The molecule has 9 heteroatoms. The van der Waals surface area contributed by atoms with E-state index in [9.17, 15) is 13.2 Å². The lowest BCUT2D eigenvalue weighted by atomic mass is 10.2. The van der Waals surface area contributed by atoms with Crippen molar-refractivity contribution in [3.05, 3.63) is 42.0 Å². The third kappa shape index (κ3) is 4.60. The number of thioether (sulfide) groups is 1. The van der Waals surface area contributed by atoms with Gasteiger partial charge in [-0.3, -0.25) is 4.79 Å². The van der Waals surface area contributed by atoms with Gasteiger partial charge in [-0.2, -0.15) is 0 Å². The lowest BCUT2D eigenvalue weighted by molar-refractivity contribution is -0.118. The van der Waals surface area contributed by atoms with Crippen LogP contribution in [0, 0.1) is 5.92 Å². The first-order chi connectivity index (χ1) is 13.3. The molecule has 28 heavy (non-hydrogen) atoms. The predicted molar refractivity (Wildman–Crippen MR) is 108 cm³/mol. The van der Waals surface area contributed by atoms with Gasteiger partial charge < -0.3 is 14.8 Å². The molecule has 0 unspecified atom stereocenters. The first kappa shape index (κ1) is 20.5. The molecular weight excluding hydrogens is 400 g/mol. The lowest BCUT2D eigenvalue weighted by Crippen LogP contribution is -2.24. The van der Waals surface area contributed by atoms with E-state index in [0.717, 1.165) is 10.5 Å². The van der Waals surface area contributed by atoms with Crippen LogP contribution in [0.2, 0.25) is 0 Å². The van der Waals surface area contributed by atoms with Gasteiger partial charge in [-0.25, -0.2) is 13.1 Å². The first-order valence-corrected chi connectivity index (χ1v) is 11.4. The van der Waals surface area contributed by atoms with Crippen LogP contribution in [0.25, 0.3) is 0 Å². The standard InChI is InChI=1S/C19H22N2O5S2/c1-12(2)19(22)21-15-9-14(5-7-18(15)27-3)28(23,24)20-10-13-4-6-16-17(8-13)26-11-25-16/h4-9,12,20H,10-11H2,1-3H3,(H,21,22). The summed E-state index contributed by atoms with van der Waals surface area (Å²) in [5.74, 6) is 0.863. The summed E-state index contributed by atoms with van der Waals surface area (Å²) < 4.78 is 38.6. The van der Waals surface area contributed by atoms with Gasteiger partial charge in [-0.15, -0.1) is 11.8 Å². The van der Waals surface area contributed by atoms with Crippen molar-refractivity contribution in [3.8, 4) is 11.5 Å². The zero-order valence-corrected chi connectivity index (χ0v) is 17.4. The van der Waals surface area contributed by atoms with Crippen LogP contribution in [0.5, 0.6) is 11.5 Å². The van der Waals surface area contributed by atoms with Crippen LogP contribution < -0.4 is 19.5 Å². The zero-order valence-electron chi connectivity index (χ0n) is 15.8. The van der Waals surface area contributed by atoms with Crippen molar-refractivity contribution in [1.82, 2.24) is 4.72 Å². The Morgan fingerprint density at radius 3 is 2.61 bits per heavy atom. The van der Waals surface area contributed by atoms with Gasteiger partial charge in [0.2, 0.25) is 22.7 Å². The molecule has 2 N–H and O–H groups in total. The van der Waals surface area contributed by atoms with E-state index in [1.54, 1.807) is 38.1 Å². The first-order valence-electron chi connectivity index (χ1n) is 8.67. The molecule has 1 amide bonds. The van der Waals surface area contributed by atoms with Crippen LogP contribution in [-0.2, 0) is 21.4 Å². The normalized spacial score (nSPS) is 13.0. The minimum absolute atomic E-state index is 0.0881. The molecule has 7 nitrogen and oxygen atoms in total. The molecule has 2 aromatic rings. The highest BCUT2D eigenvalue weighted by atomic mass is 32.2. The molecule has 3 rings (SSSR count). The maximum absolute atomic E-state index is 12.7. The fourth-order valence-electron chi connectivity index (χ4n) is 2.54. The van der Waals surface area contributed by atoms with E-state index in [2.05, 4.69) is 10.0 Å². The number of hydrogen-bond donors (Lipinski definition) is 2. The number of benzene rings is 2. The number of hydrogen-bond acceptors (Lipinski definition) is 6. The van der Waals surface area contributed by atoms with Crippen LogP contribution in [0.3, 0.4) is 0 Å². The molecule has 0 radical (unpaired) electrons. The summed E-state index contributed by atoms with van der Waals surface area (Å²) in [6.45, 7) is 3.83. The topological polar surface area (TPSA) is 93.7 Å². The van der Waals surface area contributed by atoms with E-state index in [1.807, 2.05) is 6.26 Å². The van der Waals surface area contributed by atoms with Gasteiger partial charge in [0.15, 0.2) is 11.5 Å². The highest BCUT2D eigenvalue weighted by Crippen LogP contribution is 2.33. The summed E-state index contributed by atoms with van der Waals surface area (Å²) in [5, 5.41) is 2.79. The average molecular weight is 423 g/mol. The summed E-state index contributed by atoms with van der Waals surface area (Å²) in [6, 6.07) is 9.97. The van der Waals surface area contributed by atoms with Crippen molar-refractivity contribution < 1.29 is 22.7 Å². The highest BCUT2D eigenvalue weighted by molar-refractivity contribution is 7.98. The fraction of sp³-hybridized carbons (Fsp3) is 0.316. The van der Waals surface area contributed by atoms with Crippen molar-refractivity contribution in [2.24, 2.45) is 5.92 Å². The quantitative estimate of drug-likeness (QED) is 0.666. The number of ether oxygens (including phenoxy) is 2. The summed E-state index contributed by atoms with van der Waals surface area (Å²) in [6.07, 6.45) is 1.87. The predicted octanol–water partition coefficient (Wildman–Crippen LogP) is 3.21. The Kier molecular flexibility index (Phi) is 6.17. The second-order valence-electron chi connectivity index (χ2n) is 6.52. The summed E-state index contributed by atoms with van der Waals surface area (Å²) in [7, 11) is -3.76. The van der Waals surface area contributed by atoms with Gasteiger partial charge in [0.05, 0.1) is 10.6 Å². The van der Waals surface area contributed by atoms with Crippen LogP contribution in [0.1, 0.15) is 19.4 Å². The number of fused-ring (bicyclic) bond motifs is 1. The van der Waals surface area contributed by atoms with E-state index in [4.69, 9.17) is 9.47 Å². The molecule has 1 heterocycles. The monoisotopic (exact) mass is 422 g/mol. The summed E-state index contributed by atoms with van der Waals surface area (Å²) in [4.78, 5) is 12.9. The Balaban J connectivity index is 1.78. The van der Waals surface area contributed by atoms with E-state index in [0.29, 0.717) is 17.2 Å². The number of sulfonamides is 1. The average Bonchev–Trinajstić information content (AvgIpc) is 3.14. The molecule has 2 aromatic carbocycles. The van der Waals surface area contributed by atoms with Gasteiger partial charge in [-0.05, 0) is 42.2 Å².